The molecule has 0 unspecified atom stereocenters. The van der Waals surface area contributed by atoms with E-state index in [9.17, 15) is 0 Å². The molecule has 82 valence electrons. The van der Waals surface area contributed by atoms with Crippen molar-refractivity contribution in [2.75, 3.05) is 7.11 Å². The fraction of sp³-hybridized carbons (Fsp3) is 0.200. The molecule has 0 aliphatic rings. The average Bonchev–Trinajstić information content (AvgIpc) is 2.39. The van der Waals surface area contributed by atoms with Gasteiger partial charge in [-0.1, -0.05) is 43.3 Å². The first kappa shape index (κ1) is 10.7. The first-order valence-corrected chi connectivity index (χ1v) is 5.57. The van der Waals surface area contributed by atoms with Gasteiger partial charge in [-0.3, -0.25) is 0 Å². The second kappa shape index (κ2) is 4.84. The highest BCUT2D eigenvalue weighted by molar-refractivity contribution is 5.69. The first-order chi connectivity index (χ1) is 7.85. The van der Waals surface area contributed by atoms with Crippen LogP contribution in [0.25, 0.3) is 11.1 Å². The van der Waals surface area contributed by atoms with Gasteiger partial charge < -0.3 is 4.74 Å². The molecule has 2 aromatic carbocycles. The van der Waals surface area contributed by atoms with Gasteiger partial charge in [0.15, 0.2) is 0 Å². The molecule has 1 nitrogen and oxygen atoms in total. The Morgan fingerprint density at radius 1 is 1.00 bits per heavy atom. The molecular weight excluding hydrogens is 196 g/mol. The van der Waals surface area contributed by atoms with Crippen molar-refractivity contribution in [2.45, 2.75) is 13.3 Å². The van der Waals surface area contributed by atoms with Crippen LogP contribution in [0.5, 0.6) is 5.75 Å². The third-order valence-electron chi connectivity index (χ3n) is 2.78. The smallest absolute Gasteiger partial charge is 0.119 e. The van der Waals surface area contributed by atoms with Crippen molar-refractivity contribution in [2.24, 2.45) is 0 Å². The van der Waals surface area contributed by atoms with Crippen LogP contribution in [0.3, 0.4) is 0 Å². The van der Waals surface area contributed by atoms with Gasteiger partial charge in [-0.2, -0.15) is 0 Å². The number of aryl methyl sites for hydroxylation is 1. The van der Waals surface area contributed by atoms with Gasteiger partial charge in [-0.25, -0.2) is 0 Å². The van der Waals surface area contributed by atoms with Gasteiger partial charge in [-0.05, 0) is 35.2 Å². The Kier molecular flexibility index (Phi) is 3.25. The monoisotopic (exact) mass is 212 g/mol. The molecule has 0 aliphatic heterocycles. The summed E-state index contributed by atoms with van der Waals surface area (Å²) >= 11 is 0. The maximum atomic E-state index is 5.28. The second-order valence-electron chi connectivity index (χ2n) is 3.74. The Bertz CT molecular complexity index is 460. The lowest BCUT2D eigenvalue weighted by Gasteiger charge is -2.10. The van der Waals surface area contributed by atoms with Crippen LogP contribution in [0.4, 0.5) is 0 Å². The van der Waals surface area contributed by atoms with Crippen LogP contribution in [-0.4, -0.2) is 7.11 Å². The second-order valence-corrected chi connectivity index (χ2v) is 3.74. The lowest BCUT2D eigenvalue weighted by atomic mass is 9.98. The van der Waals surface area contributed by atoms with Crippen molar-refractivity contribution in [3.63, 3.8) is 0 Å². The maximum Gasteiger partial charge on any atom is 0.119 e. The lowest BCUT2D eigenvalue weighted by molar-refractivity contribution is 0.415. The fourth-order valence-electron chi connectivity index (χ4n) is 1.88. The molecule has 0 spiro atoms. The molecule has 0 aromatic heterocycles. The molecule has 0 saturated carbocycles. The zero-order valence-electron chi connectivity index (χ0n) is 9.73. The highest BCUT2D eigenvalue weighted by Crippen LogP contribution is 2.28. The largest absolute Gasteiger partial charge is 0.497 e. The number of methoxy groups -OCH3 is 1. The minimum atomic E-state index is 0.913. The molecule has 1 heteroatoms. The molecule has 0 radical (unpaired) electrons. The van der Waals surface area contributed by atoms with Gasteiger partial charge in [0.05, 0.1) is 7.11 Å². The molecule has 0 bridgehead atoms. The Hall–Kier alpha value is -1.76. The Morgan fingerprint density at radius 3 is 2.38 bits per heavy atom. The summed E-state index contributed by atoms with van der Waals surface area (Å²) in [6.07, 6.45) is 1.04. The number of benzene rings is 2. The van der Waals surface area contributed by atoms with Crippen molar-refractivity contribution >= 4 is 0 Å². The lowest BCUT2D eigenvalue weighted by Crippen LogP contribution is -1.90. The van der Waals surface area contributed by atoms with Crippen molar-refractivity contribution in [3.05, 3.63) is 54.1 Å². The Balaban J connectivity index is 2.53. The van der Waals surface area contributed by atoms with Crippen LogP contribution in [0.1, 0.15) is 12.5 Å². The van der Waals surface area contributed by atoms with Crippen LogP contribution < -0.4 is 4.74 Å². The first-order valence-electron chi connectivity index (χ1n) is 5.57. The predicted octanol–water partition coefficient (Wildman–Crippen LogP) is 3.92. The van der Waals surface area contributed by atoms with Crippen LogP contribution in [-0.2, 0) is 6.42 Å². The van der Waals surface area contributed by atoms with Crippen LogP contribution in [0.15, 0.2) is 48.5 Å². The molecule has 0 saturated heterocycles. The molecule has 2 aromatic rings. The van der Waals surface area contributed by atoms with E-state index in [0.717, 1.165) is 12.2 Å². The van der Waals surface area contributed by atoms with E-state index in [0.29, 0.717) is 0 Å². The topological polar surface area (TPSA) is 9.23 Å². The maximum absolute atomic E-state index is 5.28. The Labute approximate surface area is 96.7 Å². The summed E-state index contributed by atoms with van der Waals surface area (Å²) in [7, 11) is 1.70. The van der Waals surface area contributed by atoms with Crippen molar-refractivity contribution in [3.8, 4) is 16.9 Å². The van der Waals surface area contributed by atoms with Gasteiger partial charge in [0.2, 0.25) is 0 Å². The quantitative estimate of drug-likeness (QED) is 0.749. The number of rotatable bonds is 3. The summed E-state index contributed by atoms with van der Waals surface area (Å²) in [5, 5.41) is 0. The van der Waals surface area contributed by atoms with E-state index in [1.807, 2.05) is 12.1 Å². The molecular formula is C15H16O. The molecule has 0 N–H and O–H groups in total. The third kappa shape index (κ3) is 2.08. The standard InChI is InChI=1S/C15H16O/c1-3-12-9-10-14(16-2)11-15(12)13-7-5-4-6-8-13/h4-11H,3H2,1-2H3. The van der Waals surface area contributed by atoms with Gasteiger partial charge in [-0.15, -0.1) is 0 Å². The Morgan fingerprint density at radius 2 is 1.75 bits per heavy atom. The molecule has 0 atom stereocenters. The predicted molar refractivity (Wildman–Crippen MR) is 67.8 cm³/mol. The molecule has 0 aliphatic carbocycles. The third-order valence-corrected chi connectivity index (χ3v) is 2.78. The highest BCUT2D eigenvalue weighted by Gasteiger charge is 2.04. The van der Waals surface area contributed by atoms with Gasteiger partial charge in [0.25, 0.3) is 0 Å². The van der Waals surface area contributed by atoms with Crippen molar-refractivity contribution in [1.82, 2.24) is 0 Å². The SMILES string of the molecule is CCc1ccc(OC)cc1-c1ccccc1. The van der Waals surface area contributed by atoms with Crippen LogP contribution in [0, 0.1) is 0 Å². The summed E-state index contributed by atoms with van der Waals surface area (Å²) in [5.41, 5.74) is 3.87. The zero-order chi connectivity index (χ0) is 11.4. The van der Waals surface area contributed by atoms with Crippen molar-refractivity contribution in [1.29, 1.82) is 0 Å². The van der Waals surface area contributed by atoms with E-state index >= 15 is 0 Å². The van der Waals surface area contributed by atoms with Crippen LogP contribution in [0.2, 0.25) is 0 Å². The number of ether oxygens (including phenoxy) is 1. The summed E-state index contributed by atoms with van der Waals surface area (Å²) in [6.45, 7) is 2.17. The van der Waals surface area contributed by atoms with Gasteiger partial charge in [0, 0.05) is 0 Å². The van der Waals surface area contributed by atoms with E-state index < -0.39 is 0 Å². The molecule has 0 amide bonds. The zero-order valence-corrected chi connectivity index (χ0v) is 9.73. The summed E-state index contributed by atoms with van der Waals surface area (Å²) in [5.74, 6) is 0.913. The number of hydrogen-bond donors (Lipinski definition) is 0. The molecule has 0 heterocycles. The summed E-state index contributed by atoms with van der Waals surface area (Å²) in [4.78, 5) is 0. The van der Waals surface area contributed by atoms with E-state index in [2.05, 4.69) is 43.3 Å². The normalized spacial score (nSPS) is 10.1. The van der Waals surface area contributed by atoms with E-state index in [4.69, 9.17) is 4.74 Å². The van der Waals surface area contributed by atoms with E-state index in [1.54, 1.807) is 7.11 Å². The summed E-state index contributed by atoms with van der Waals surface area (Å²) in [6, 6.07) is 16.7. The molecule has 0 fully saturated rings. The molecule has 2 rings (SSSR count). The minimum Gasteiger partial charge on any atom is -0.497 e. The average molecular weight is 212 g/mol. The summed E-state index contributed by atoms with van der Waals surface area (Å²) < 4.78 is 5.28. The van der Waals surface area contributed by atoms with E-state index in [1.165, 1.54) is 16.7 Å². The highest BCUT2D eigenvalue weighted by atomic mass is 16.5. The van der Waals surface area contributed by atoms with E-state index in [-0.39, 0.29) is 0 Å². The minimum absolute atomic E-state index is 0.913. The number of hydrogen-bond acceptors (Lipinski definition) is 1. The van der Waals surface area contributed by atoms with Crippen molar-refractivity contribution < 1.29 is 4.74 Å². The molecule has 16 heavy (non-hydrogen) atoms. The fourth-order valence-corrected chi connectivity index (χ4v) is 1.88. The van der Waals surface area contributed by atoms with Crippen LogP contribution >= 0.6 is 0 Å². The van der Waals surface area contributed by atoms with Gasteiger partial charge >= 0.3 is 0 Å². The van der Waals surface area contributed by atoms with Gasteiger partial charge in [0.1, 0.15) is 5.75 Å².